The summed E-state index contributed by atoms with van der Waals surface area (Å²) in [6.45, 7) is 12.2. The Morgan fingerprint density at radius 2 is 1.89 bits per heavy atom. The van der Waals surface area contributed by atoms with Crippen molar-refractivity contribution in [1.29, 1.82) is 0 Å². The van der Waals surface area contributed by atoms with Crippen molar-refractivity contribution in [2.24, 2.45) is 5.92 Å². The molecule has 0 amide bonds. The van der Waals surface area contributed by atoms with Gasteiger partial charge in [-0.2, -0.15) is 0 Å². The van der Waals surface area contributed by atoms with E-state index in [1.165, 1.54) is 12.8 Å². The van der Waals surface area contributed by atoms with E-state index in [-0.39, 0.29) is 0 Å². The van der Waals surface area contributed by atoms with E-state index in [4.69, 9.17) is 0 Å². The van der Waals surface area contributed by atoms with Gasteiger partial charge in [0.2, 0.25) is 0 Å². The van der Waals surface area contributed by atoms with Crippen LogP contribution < -0.4 is 5.32 Å². The summed E-state index contributed by atoms with van der Waals surface area (Å²) in [4.78, 5) is 8.76. The number of nitrogens with one attached hydrogen (secondary N) is 1. The first-order chi connectivity index (χ1) is 9.02. The van der Waals surface area contributed by atoms with Gasteiger partial charge in [-0.1, -0.05) is 34.6 Å². The lowest BCUT2D eigenvalue weighted by Crippen LogP contribution is -2.33. The lowest BCUT2D eigenvalue weighted by Gasteiger charge is -2.20. The first-order valence-corrected chi connectivity index (χ1v) is 7.57. The van der Waals surface area contributed by atoms with Crippen molar-refractivity contribution in [2.45, 2.75) is 65.8 Å². The Kier molecular flexibility index (Phi) is 7.00. The molecule has 1 aromatic heterocycles. The van der Waals surface area contributed by atoms with Gasteiger partial charge in [0.05, 0.1) is 0 Å². The topological polar surface area (TPSA) is 37.8 Å². The van der Waals surface area contributed by atoms with Gasteiger partial charge in [-0.15, -0.1) is 0 Å². The Balaban J connectivity index is 2.68. The largest absolute Gasteiger partial charge is 0.314 e. The fraction of sp³-hybridized carbons (Fsp3) is 0.750. The van der Waals surface area contributed by atoms with Crippen molar-refractivity contribution >= 4 is 0 Å². The van der Waals surface area contributed by atoms with Crippen LogP contribution in [0.1, 0.15) is 64.8 Å². The van der Waals surface area contributed by atoms with Crippen LogP contribution >= 0.6 is 0 Å². The number of rotatable bonds is 8. The van der Waals surface area contributed by atoms with Gasteiger partial charge in [0, 0.05) is 23.9 Å². The van der Waals surface area contributed by atoms with E-state index >= 15 is 0 Å². The summed E-state index contributed by atoms with van der Waals surface area (Å²) < 4.78 is 0. The first-order valence-electron chi connectivity index (χ1n) is 7.57. The molecule has 0 saturated carbocycles. The normalized spacial score (nSPS) is 13.2. The van der Waals surface area contributed by atoms with Crippen LogP contribution in [0.25, 0.3) is 0 Å². The van der Waals surface area contributed by atoms with E-state index in [1.807, 2.05) is 0 Å². The summed E-state index contributed by atoms with van der Waals surface area (Å²) >= 11 is 0. The third-order valence-electron chi connectivity index (χ3n) is 3.23. The molecule has 0 aliphatic heterocycles. The first kappa shape index (κ1) is 16.1. The van der Waals surface area contributed by atoms with Crippen molar-refractivity contribution in [1.82, 2.24) is 15.3 Å². The van der Waals surface area contributed by atoms with E-state index in [1.54, 1.807) is 6.33 Å². The van der Waals surface area contributed by atoms with Gasteiger partial charge < -0.3 is 5.32 Å². The van der Waals surface area contributed by atoms with E-state index in [2.05, 4.69) is 56.0 Å². The monoisotopic (exact) mass is 263 g/mol. The zero-order chi connectivity index (χ0) is 14.3. The molecule has 0 radical (unpaired) electrons. The third-order valence-corrected chi connectivity index (χ3v) is 3.23. The fourth-order valence-corrected chi connectivity index (χ4v) is 2.25. The molecule has 3 nitrogen and oxygen atoms in total. The van der Waals surface area contributed by atoms with Crippen LogP contribution in [0.5, 0.6) is 0 Å². The molecular formula is C16H29N3. The number of nitrogens with zero attached hydrogens (tertiary/aromatic N) is 2. The molecule has 0 spiro atoms. The average molecular weight is 263 g/mol. The van der Waals surface area contributed by atoms with E-state index in [0.29, 0.717) is 17.9 Å². The maximum atomic E-state index is 4.43. The highest BCUT2D eigenvalue weighted by molar-refractivity contribution is 5.12. The smallest absolute Gasteiger partial charge is 0.115 e. The van der Waals surface area contributed by atoms with Crippen LogP contribution in [-0.2, 0) is 6.42 Å². The predicted molar refractivity (Wildman–Crippen MR) is 81.4 cm³/mol. The second-order valence-electron chi connectivity index (χ2n) is 6.07. The lowest BCUT2D eigenvalue weighted by atomic mass is 9.98. The molecule has 1 atom stereocenters. The Bertz CT molecular complexity index is 361. The van der Waals surface area contributed by atoms with Crippen LogP contribution in [0.4, 0.5) is 0 Å². The lowest BCUT2D eigenvalue weighted by molar-refractivity contribution is 0.413. The molecular weight excluding hydrogens is 234 g/mol. The number of hydrogen-bond acceptors (Lipinski definition) is 3. The molecule has 1 aromatic rings. The molecule has 1 N–H and O–H groups in total. The van der Waals surface area contributed by atoms with Gasteiger partial charge in [-0.3, -0.25) is 0 Å². The van der Waals surface area contributed by atoms with Gasteiger partial charge >= 0.3 is 0 Å². The Hall–Kier alpha value is -0.960. The van der Waals surface area contributed by atoms with Crippen LogP contribution in [0.3, 0.4) is 0 Å². The van der Waals surface area contributed by atoms with Gasteiger partial charge in [-0.05, 0) is 37.3 Å². The van der Waals surface area contributed by atoms with E-state index in [9.17, 15) is 0 Å². The second kappa shape index (κ2) is 8.26. The van der Waals surface area contributed by atoms with Gasteiger partial charge in [0.15, 0.2) is 0 Å². The summed E-state index contributed by atoms with van der Waals surface area (Å²) in [5, 5.41) is 3.64. The second-order valence-corrected chi connectivity index (χ2v) is 6.07. The Labute approximate surface area is 118 Å². The summed E-state index contributed by atoms with van der Waals surface area (Å²) in [5.41, 5.74) is 2.30. The van der Waals surface area contributed by atoms with E-state index < -0.39 is 0 Å². The molecule has 0 aromatic carbocycles. The van der Waals surface area contributed by atoms with Crippen LogP contribution in [0, 0.1) is 5.92 Å². The fourth-order valence-electron chi connectivity index (χ4n) is 2.25. The van der Waals surface area contributed by atoms with Crippen LogP contribution in [0.2, 0.25) is 0 Å². The van der Waals surface area contributed by atoms with Gasteiger partial charge in [0.25, 0.3) is 0 Å². The summed E-state index contributed by atoms with van der Waals surface area (Å²) in [7, 11) is 0. The maximum Gasteiger partial charge on any atom is 0.115 e. The van der Waals surface area contributed by atoms with Crippen molar-refractivity contribution in [2.75, 3.05) is 6.54 Å². The molecule has 0 aliphatic carbocycles. The average Bonchev–Trinajstić information content (AvgIpc) is 2.35. The van der Waals surface area contributed by atoms with Gasteiger partial charge in [-0.25, -0.2) is 9.97 Å². The Morgan fingerprint density at radius 3 is 2.47 bits per heavy atom. The van der Waals surface area contributed by atoms with Crippen molar-refractivity contribution in [3.63, 3.8) is 0 Å². The van der Waals surface area contributed by atoms with Crippen molar-refractivity contribution in [3.8, 4) is 0 Å². The molecule has 1 heterocycles. The minimum absolute atomic E-state index is 0.467. The van der Waals surface area contributed by atoms with E-state index in [0.717, 1.165) is 24.4 Å². The minimum atomic E-state index is 0.467. The molecule has 3 heteroatoms. The zero-order valence-corrected chi connectivity index (χ0v) is 13.1. The quantitative estimate of drug-likeness (QED) is 0.779. The zero-order valence-electron chi connectivity index (χ0n) is 13.1. The van der Waals surface area contributed by atoms with Crippen LogP contribution in [0.15, 0.2) is 12.4 Å². The van der Waals surface area contributed by atoms with Crippen molar-refractivity contribution in [3.05, 3.63) is 23.8 Å². The molecule has 108 valence electrons. The summed E-state index contributed by atoms with van der Waals surface area (Å²) in [5.74, 6) is 1.18. The van der Waals surface area contributed by atoms with Gasteiger partial charge in [0.1, 0.15) is 6.33 Å². The molecule has 0 saturated heterocycles. The number of hydrogen-bond donors (Lipinski definition) is 1. The SMILES string of the molecule is CCCNC(Cc1cc(C(C)C)ncn1)CC(C)C. The van der Waals surface area contributed by atoms with Crippen LogP contribution in [-0.4, -0.2) is 22.6 Å². The Morgan fingerprint density at radius 1 is 1.16 bits per heavy atom. The molecule has 19 heavy (non-hydrogen) atoms. The highest BCUT2D eigenvalue weighted by Gasteiger charge is 2.12. The minimum Gasteiger partial charge on any atom is -0.314 e. The standard InChI is InChI=1S/C16H29N3/c1-6-7-17-14(8-12(2)3)9-15-10-16(13(4)5)19-11-18-15/h10-14,17H,6-9H2,1-5H3. The molecule has 0 fully saturated rings. The third kappa shape index (κ3) is 6.15. The molecule has 1 unspecified atom stereocenters. The molecule has 0 bridgehead atoms. The maximum absolute atomic E-state index is 4.43. The summed E-state index contributed by atoms with van der Waals surface area (Å²) in [6.07, 6.45) is 5.08. The molecule has 0 aliphatic rings. The molecule has 1 rings (SSSR count). The highest BCUT2D eigenvalue weighted by Crippen LogP contribution is 2.14. The van der Waals surface area contributed by atoms with Crippen molar-refractivity contribution < 1.29 is 0 Å². The highest BCUT2D eigenvalue weighted by atomic mass is 14.9. The number of aromatic nitrogens is 2. The summed E-state index contributed by atoms with van der Waals surface area (Å²) in [6, 6.07) is 2.68. The predicted octanol–water partition coefficient (Wildman–Crippen LogP) is 3.56.